The fourth-order valence-electron chi connectivity index (χ4n) is 1.12. The van der Waals surface area contributed by atoms with Crippen molar-refractivity contribution < 1.29 is 13.6 Å². The number of carbonyl (C=O) groups excluding carboxylic acids is 1. The summed E-state index contributed by atoms with van der Waals surface area (Å²) >= 11 is 0. The fraction of sp³-hybridized carbons (Fsp3) is 0.900. The van der Waals surface area contributed by atoms with E-state index >= 15 is 0 Å². The molecule has 0 saturated heterocycles. The van der Waals surface area contributed by atoms with Gasteiger partial charge in [0.1, 0.15) is 5.41 Å². The van der Waals surface area contributed by atoms with Gasteiger partial charge in [-0.1, -0.05) is 0 Å². The lowest BCUT2D eigenvalue weighted by atomic mass is 9.84. The molecule has 1 saturated carbocycles. The summed E-state index contributed by atoms with van der Waals surface area (Å²) in [6.07, 6.45) is 2.90. The van der Waals surface area contributed by atoms with Crippen molar-refractivity contribution in [1.29, 1.82) is 0 Å². The molecule has 1 N–H and O–H groups in total. The average molecular weight is 205 g/mol. The third kappa shape index (κ3) is 2.04. The summed E-state index contributed by atoms with van der Waals surface area (Å²) < 4.78 is 26.1. The Balaban J connectivity index is 2.57. The zero-order chi connectivity index (χ0) is 11.0. The van der Waals surface area contributed by atoms with Crippen LogP contribution < -0.4 is 5.32 Å². The van der Waals surface area contributed by atoms with Gasteiger partial charge in [0.05, 0.1) is 0 Å². The van der Waals surface area contributed by atoms with Crippen LogP contribution in [0.25, 0.3) is 0 Å². The van der Waals surface area contributed by atoms with Gasteiger partial charge in [0, 0.05) is 13.0 Å². The van der Waals surface area contributed by atoms with Crippen LogP contribution in [0.1, 0.15) is 40.0 Å². The van der Waals surface area contributed by atoms with Crippen LogP contribution in [-0.2, 0) is 4.79 Å². The molecule has 0 unspecified atom stereocenters. The summed E-state index contributed by atoms with van der Waals surface area (Å²) in [6, 6.07) is 0.115. The van der Waals surface area contributed by atoms with Crippen LogP contribution in [0.3, 0.4) is 0 Å². The van der Waals surface area contributed by atoms with Crippen LogP contribution in [0.15, 0.2) is 0 Å². The highest BCUT2D eigenvalue weighted by molar-refractivity contribution is 5.83. The molecule has 1 amide bonds. The van der Waals surface area contributed by atoms with Crippen LogP contribution in [0.4, 0.5) is 8.78 Å². The van der Waals surface area contributed by atoms with Crippen molar-refractivity contribution in [2.24, 2.45) is 5.41 Å². The molecule has 1 fully saturated rings. The molecule has 0 bridgehead atoms. The van der Waals surface area contributed by atoms with Gasteiger partial charge in [0.25, 0.3) is 5.92 Å². The predicted octanol–water partition coefficient (Wildman–Crippen LogP) is 2.34. The van der Waals surface area contributed by atoms with Crippen LogP contribution >= 0.6 is 0 Å². The number of halogens is 2. The molecule has 1 rings (SSSR count). The van der Waals surface area contributed by atoms with Crippen LogP contribution in [0.5, 0.6) is 0 Å². The molecule has 1 aliphatic carbocycles. The lowest BCUT2D eigenvalue weighted by Crippen LogP contribution is -2.51. The smallest absolute Gasteiger partial charge is 0.259 e. The molecular formula is C10H17F2NO. The van der Waals surface area contributed by atoms with E-state index in [-0.39, 0.29) is 6.04 Å². The molecule has 0 radical (unpaired) electrons. The molecule has 2 nitrogen and oxygen atoms in total. The molecule has 0 aliphatic heterocycles. The molecular weight excluding hydrogens is 188 g/mol. The van der Waals surface area contributed by atoms with Crippen molar-refractivity contribution >= 4 is 5.91 Å². The maximum absolute atomic E-state index is 13.1. The molecule has 0 aromatic rings. The maximum atomic E-state index is 13.1. The van der Waals surface area contributed by atoms with Crippen molar-refractivity contribution in [2.45, 2.75) is 52.0 Å². The van der Waals surface area contributed by atoms with Crippen molar-refractivity contribution in [3.63, 3.8) is 0 Å². The largest absolute Gasteiger partial charge is 0.353 e. The number of rotatable bonds is 3. The highest BCUT2D eigenvalue weighted by atomic mass is 19.3. The molecule has 0 aromatic heterocycles. The molecule has 0 spiro atoms. The Morgan fingerprint density at radius 2 is 1.79 bits per heavy atom. The second-order valence-corrected chi connectivity index (χ2v) is 4.61. The Morgan fingerprint density at radius 1 is 1.29 bits per heavy atom. The quantitative estimate of drug-likeness (QED) is 0.752. The second kappa shape index (κ2) is 3.48. The molecule has 14 heavy (non-hydrogen) atoms. The van der Waals surface area contributed by atoms with E-state index in [4.69, 9.17) is 0 Å². The summed E-state index contributed by atoms with van der Waals surface area (Å²) in [7, 11) is 0. The standard InChI is InChI=1S/C10H17F2NO/c1-9(2,10(3,11)12)8(14)13-7-5-4-6-7/h7H,4-6H2,1-3H3,(H,13,14). The van der Waals surface area contributed by atoms with E-state index in [2.05, 4.69) is 5.32 Å². The molecule has 4 heteroatoms. The van der Waals surface area contributed by atoms with Crippen LogP contribution in [0.2, 0.25) is 0 Å². The summed E-state index contributed by atoms with van der Waals surface area (Å²) in [5.41, 5.74) is -1.62. The van der Waals surface area contributed by atoms with Crippen molar-refractivity contribution in [3.8, 4) is 0 Å². The molecule has 0 heterocycles. The lowest BCUT2D eigenvalue weighted by Gasteiger charge is -2.34. The van der Waals surface area contributed by atoms with Gasteiger partial charge in [0.2, 0.25) is 5.91 Å². The Labute approximate surface area is 83.1 Å². The van der Waals surface area contributed by atoms with Gasteiger partial charge in [-0.15, -0.1) is 0 Å². The number of nitrogens with one attached hydrogen (secondary N) is 1. The normalized spacial score (nSPS) is 18.9. The van der Waals surface area contributed by atoms with E-state index in [1.165, 1.54) is 13.8 Å². The van der Waals surface area contributed by atoms with E-state index in [0.717, 1.165) is 26.2 Å². The zero-order valence-electron chi connectivity index (χ0n) is 8.86. The van der Waals surface area contributed by atoms with Crippen molar-refractivity contribution in [2.75, 3.05) is 0 Å². The van der Waals surface area contributed by atoms with Gasteiger partial charge < -0.3 is 5.32 Å². The maximum Gasteiger partial charge on any atom is 0.259 e. The van der Waals surface area contributed by atoms with Crippen molar-refractivity contribution in [3.05, 3.63) is 0 Å². The zero-order valence-corrected chi connectivity index (χ0v) is 8.86. The summed E-state index contributed by atoms with van der Waals surface area (Å²) in [5, 5.41) is 2.64. The fourth-order valence-corrected chi connectivity index (χ4v) is 1.12. The number of hydrogen-bond donors (Lipinski definition) is 1. The molecule has 0 atom stereocenters. The summed E-state index contributed by atoms with van der Waals surface area (Å²) in [6.45, 7) is 3.34. The Morgan fingerprint density at radius 3 is 2.07 bits per heavy atom. The molecule has 82 valence electrons. The summed E-state index contributed by atoms with van der Waals surface area (Å²) in [5.74, 6) is -3.53. The first kappa shape index (κ1) is 11.4. The van der Waals surface area contributed by atoms with Gasteiger partial charge in [-0.3, -0.25) is 4.79 Å². The van der Waals surface area contributed by atoms with E-state index in [1.807, 2.05) is 0 Å². The van der Waals surface area contributed by atoms with E-state index < -0.39 is 17.2 Å². The number of alkyl halides is 2. The topological polar surface area (TPSA) is 29.1 Å². The highest BCUT2D eigenvalue weighted by Crippen LogP contribution is 2.36. The Hall–Kier alpha value is -0.670. The minimum Gasteiger partial charge on any atom is -0.353 e. The minimum atomic E-state index is -2.99. The van der Waals surface area contributed by atoms with E-state index in [9.17, 15) is 13.6 Å². The first-order valence-electron chi connectivity index (χ1n) is 4.94. The molecule has 1 aliphatic rings. The van der Waals surface area contributed by atoms with Gasteiger partial charge in [-0.2, -0.15) is 0 Å². The minimum absolute atomic E-state index is 0.115. The Kier molecular flexibility index (Phi) is 2.83. The van der Waals surface area contributed by atoms with Crippen LogP contribution in [0, 0.1) is 5.41 Å². The van der Waals surface area contributed by atoms with Gasteiger partial charge in [-0.05, 0) is 33.1 Å². The van der Waals surface area contributed by atoms with Gasteiger partial charge in [-0.25, -0.2) is 8.78 Å². The summed E-state index contributed by atoms with van der Waals surface area (Å²) in [4.78, 5) is 11.5. The number of hydrogen-bond acceptors (Lipinski definition) is 1. The Bertz CT molecular complexity index is 229. The average Bonchev–Trinajstić information content (AvgIpc) is 1.93. The predicted molar refractivity (Wildman–Crippen MR) is 50.2 cm³/mol. The van der Waals surface area contributed by atoms with Crippen LogP contribution in [-0.4, -0.2) is 17.9 Å². The van der Waals surface area contributed by atoms with E-state index in [1.54, 1.807) is 0 Å². The number of carbonyl (C=O) groups is 1. The first-order valence-corrected chi connectivity index (χ1v) is 4.94. The van der Waals surface area contributed by atoms with Gasteiger partial charge in [0.15, 0.2) is 0 Å². The third-order valence-corrected chi connectivity index (χ3v) is 3.11. The van der Waals surface area contributed by atoms with Gasteiger partial charge >= 0.3 is 0 Å². The number of amides is 1. The highest BCUT2D eigenvalue weighted by Gasteiger charge is 2.48. The van der Waals surface area contributed by atoms with Crippen molar-refractivity contribution in [1.82, 2.24) is 5.32 Å². The third-order valence-electron chi connectivity index (χ3n) is 3.11. The monoisotopic (exact) mass is 205 g/mol. The lowest BCUT2D eigenvalue weighted by molar-refractivity contribution is -0.152. The van der Waals surface area contributed by atoms with E-state index in [0.29, 0.717) is 0 Å². The SMILES string of the molecule is CC(F)(F)C(C)(C)C(=O)NC1CCC1. The second-order valence-electron chi connectivity index (χ2n) is 4.61. The molecule has 0 aromatic carbocycles. The first-order chi connectivity index (χ1) is 6.25.